The molecule has 0 saturated heterocycles. The van der Waals surface area contributed by atoms with Crippen molar-refractivity contribution in [1.29, 1.82) is 0 Å². The van der Waals surface area contributed by atoms with Crippen LogP contribution in [-0.2, 0) is 6.54 Å². The quantitative estimate of drug-likeness (QED) is 0.751. The van der Waals surface area contributed by atoms with Crippen molar-refractivity contribution in [1.82, 2.24) is 10.2 Å². The molecule has 14 heavy (non-hydrogen) atoms. The van der Waals surface area contributed by atoms with Gasteiger partial charge < -0.3 is 9.73 Å². The van der Waals surface area contributed by atoms with Crippen LogP contribution in [0.2, 0.25) is 0 Å². The summed E-state index contributed by atoms with van der Waals surface area (Å²) < 4.78 is 5.04. The summed E-state index contributed by atoms with van der Waals surface area (Å²) in [6.45, 7) is 4.27. The minimum absolute atomic E-state index is 0.595. The molecule has 1 aromatic heterocycles. The molecule has 0 aromatic carbocycles. The molecular formula is C11H20N2O. The van der Waals surface area contributed by atoms with Crippen LogP contribution in [0.1, 0.15) is 18.9 Å². The largest absolute Gasteiger partial charge is 0.472 e. The molecule has 1 rings (SSSR count). The fraction of sp³-hybridized carbons (Fsp3) is 0.636. The minimum atomic E-state index is 0.595. The molecule has 0 aliphatic carbocycles. The van der Waals surface area contributed by atoms with Gasteiger partial charge in [-0.3, -0.25) is 4.90 Å². The number of furan rings is 1. The predicted octanol–water partition coefficient (Wildman–Crippen LogP) is 1.71. The molecule has 1 atom stereocenters. The monoisotopic (exact) mass is 196 g/mol. The van der Waals surface area contributed by atoms with E-state index >= 15 is 0 Å². The van der Waals surface area contributed by atoms with Crippen molar-refractivity contribution in [2.45, 2.75) is 25.9 Å². The van der Waals surface area contributed by atoms with E-state index in [0.717, 1.165) is 13.1 Å². The highest BCUT2D eigenvalue weighted by molar-refractivity contribution is 5.04. The first-order valence-corrected chi connectivity index (χ1v) is 5.10. The molecule has 3 heteroatoms. The molecular weight excluding hydrogens is 176 g/mol. The second kappa shape index (κ2) is 5.83. The normalized spacial score (nSPS) is 13.4. The van der Waals surface area contributed by atoms with E-state index in [1.807, 2.05) is 13.1 Å². The molecule has 1 N–H and O–H groups in total. The van der Waals surface area contributed by atoms with Crippen LogP contribution in [0.5, 0.6) is 0 Å². The van der Waals surface area contributed by atoms with Crippen molar-refractivity contribution in [3.63, 3.8) is 0 Å². The Balaban J connectivity index is 2.30. The van der Waals surface area contributed by atoms with Crippen molar-refractivity contribution < 1.29 is 4.42 Å². The first kappa shape index (κ1) is 11.3. The van der Waals surface area contributed by atoms with Gasteiger partial charge in [-0.05, 0) is 40.1 Å². The van der Waals surface area contributed by atoms with Gasteiger partial charge in [-0.15, -0.1) is 0 Å². The lowest BCUT2D eigenvalue weighted by atomic mass is 10.2. The maximum absolute atomic E-state index is 5.04. The highest BCUT2D eigenvalue weighted by Crippen LogP contribution is 2.08. The molecule has 0 bridgehead atoms. The van der Waals surface area contributed by atoms with E-state index in [-0.39, 0.29) is 0 Å². The van der Waals surface area contributed by atoms with E-state index < -0.39 is 0 Å². The van der Waals surface area contributed by atoms with Crippen molar-refractivity contribution in [2.24, 2.45) is 0 Å². The lowest BCUT2D eigenvalue weighted by Crippen LogP contribution is -2.30. The van der Waals surface area contributed by atoms with E-state index in [1.165, 1.54) is 12.0 Å². The lowest BCUT2D eigenvalue weighted by Gasteiger charge is -2.23. The van der Waals surface area contributed by atoms with Crippen LogP contribution in [0, 0.1) is 0 Å². The maximum Gasteiger partial charge on any atom is 0.0947 e. The third-order valence-electron chi connectivity index (χ3n) is 2.58. The van der Waals surface area contributed by atoms with Gasteiger partial charge in [0.25, 0.3) is 0 Å². The van der Waals surface area contributed by atoms with Gasteiger partial charge in [0.05, 0.1) is 12.5 Å². The lowest BCUT2D eigenvalue weighted by molar-refractivity contribution is 0.237. The Morgan fingerprint density at radius 3 is 2.93 bits per heavy atom. The Kier molecular flexibility index (Phi) is 4.70. The average Bonchev–Trinajstić information content (AvgIpc) is 2.66. The van der Waals surface area contributed by atoms with Gasteiger partial charge in [-0.25, -0.2) is 0 Å². The van der Waals surface area contributed by atoms with Crippen LogP contribution < -0.4 is 5.32 Å². The molecule has 0 radical (unpaired) electrons. The Bertz CT molecular complexity index is 233. The Hall–Kier alpha value is -0.800. The summed E-state index contributed by atoms with van der Waals surface area (Å²) in [5, 5.41) is 3.17. The zero-order valence-electron chi connectivity index (χ0n) is 9.29. The Morgan fingerprint density at radius 2 is 2.36 bits per heavy atom. The van der Waals surface area contributed by atoms with E-state index in [9.17, 15) is 0 Å². The third kappa shape index (κ3) is 3.52. The fourth-order valence-electron chi connectivity index (χ4n) is 1.40. The maximum atomic E-state index is 5.04. The number of hydrogen-bond donors (Lipinski definition) is 1. The molecule has 1 heterocycles. The number of nitrogens with zero attached hydrogens (tertiary/aromatic N) is 1. The summed E-state index contributed by atoms with van der Waals surface area (Å²) in [4.78, 5) is 2.34. The molecule has 3 nitrogen and oxygen atoms in total. The van der Waals surface area contributed by atoms with Crippen molar-refractivity contribution in [3.8, 4) is 0 Å². The van der Waals surface area contributed by atoms with Gasteiger partial charge in [0.15, 0.2) is 0 Å². The van der Waals surface area contributed by atoms with Gasteiger partial charge in [-0.1, -0.05) is 0 Å². The van der Waals surface area contributed by atoms with Crippen LogP contribution in [-0.4, -0.2) is 31.6 Å². The molecule has 1 aromatic rings. The second-order valence-corrected chi connectivity index (χ2v) is 3.79. The van der Waals surface area contributed by atoms with Gasteiger partial charge >= 0.3 is 0 Å². The second-order valence-electron chi connectivity index (χ2n) is 3.79. The van der Waals surface area contributed by atoms with Crippen LogP contribution in [0.25, 0.3) is 0 Å². The van der Waals surface area contributed by atoms with Gasteiger partial charge in [-0.2, -0.15) is 0 Å². The fourth-order valence-corrected chi connectivity index (χ4v) is 1.40. The highest BCUT2D eigenvalue weighted by atomic mass is 16.3. The van der Waals surface area contributed by atoms with Gasteiger partial charge in [0.2, 0.25) is 0 Å². The summed E-state index contributed by atoms with van der Waals surface area (Å²) in [6.07, 6.45) is 4.70. The topological polar surface area (TPSA) is 28.4 Å². The highest BCUT2D eigenvalue weighted by Gasteiger charge is 2.09. The van der Waals surface area contributed by atoms with E-state index in [4.69, 9.17) is 4.42 Å². The SMILES string of the molecule is CNCCC(C)N(C)Cc1ccoc1. The molecule has 0 amide bonds. The smallest absolute Gasteiger partial charge is 0.0947 e. The number of nitrogens with one attached hydrogen (secondary N) is 1. The molecule has 0 saturated carbocycles. The third-order valence-corrected chi connectivity index (χ3v) is 2.58. The molecule has 80 valence electrons. The van der Waals surface area contributed by atoms with Gasteiger partial charge in [0, 0.05) is 18.2 Å². The molecule has 1 unspecified atom stereocenters. The minimum Gasteiger partial charge on any atom is -0.472 e. The van der Waals surface area contributed by atoms with Crippen LogP contribution >= 0.6 is 0 Å². The van der Waals surface area contributed by atoms with Crippen molar-refractivity contribution >= 4 is 0 Å². The molecule has 0 spiro atoms. The van der Waals surface area contributed by atoms with Crippen LogP contribution in [0.3, 0.4) is 0 Å². The van der Waals surface area contributed by atoms with Crippen LogP contribution in [0.4, 0.5) is 0 Å². The summed E-state index contributed by atoms with van der Waals surface area (Å²) in [5.41, 5.74) is 1.24. The first-order chi connectivity index (χ1) is 6.74. The summed E-state index contributed by atoms with van der Waals surface area (Å²) in [5.74, 6) is 0. The van der Waals surface area contributed by atoms with E-state index in [1.54, 1.807) is 12.5 Å². The van der Waals surface area contributed by atoms with Crippen molar-refractivity contribution in [3.05, 3.63) is 24.2 Å². The molecule has 0 fully saturated rings. The van der Waals surface area contributed by atoms with E-state index in [2.05, 4.69) is 24.2 Å². The zero-order valence-corrected chi connectivity index (χ0v) is 9.29. The molecule has 0 aliphatic heterocycles. The zero-order chi connectivity index (χ0) is 10.4. The number of rotatable bonds is 6. The Labute approximate surface area is 86.1 Å². The standard InChI is InChI=1S/C11H20N2O/c1-10(4-6-12-2)13(3)8-11-5-7-14-9-11/h5,7,9-10,12H,4,6,8H2,1-3H3. The summed E-state index contributed by atoms with van der Waals surface area (Å²) >= 11 is 0. The summed E-state index contributed by atoms with van der Waals surface area (Å²) in [6, 6.07) is 2.61. The molecule has 0 aliphatic rings. The number of hydrogen-bond acceptors (Lipinski definition) is 3. The van der Waals surface area contributed by atoms with Crippen molar-refractivity contribution in [2.75, 3.05) is 20.6 Å². The summed E-state index contributed by atoms with van der Waals surface area (Å²) in [7, 11) is 4.14. The van der Waals surface area contributed by atoms with Gasteiger partial charge in [0.1, 0.15) is 0 Å². The van der Waals surface area contributed by atoms with E-state index in [0.29, 0.717) is 6.04 Å². The van der Waals surface area contributed by atoms with Crippen LogP contribution in [0.15, 0.2) is 23.0 Å². The Morgan fingerprint density at radius 1 is 1.57 bits per heavy atom. The first-order valence-electron chi connectivity index (χ1n) is 5.10. The average molecular weight is 196 g/mol. The predicted molar refractivity (Wildman–Crippen MR) is 58.2 cm³/mol.